The second-order valence-electron chi connectivity index (χ2n) is 4.22. The number of carbonyl (C=O) groups is 1. The van der Waals surface area contributed by atoms with E-state index in [1.54, 1.807) is 25.3 Å². The molecule has 2 aromatic rings. The normalized spacial score (nSPS) is 10.1. The standard InChI is InChI=1S/C16H15AsO3/c1-19-16-9-13(14(18)10-17)7-8-15(16)20-11-12-5-3-2-4-6-12/h2-9H,10-11H2,1H3. The van der Waals surface area contributed by atoms with Crippen molar-refractivity contribution >= 4 is 22.6 Å². The van der Waals surface area contributed by atoms with Crippen LogP contribution in [0.4, 0.5) is 0 Å². The van der Waals surface area contributed by atoms with Crippen molar-refractivity contribution in [3.8, 4) is 11.5 Å². The average molecular weight is 330 g/mol. The van der Waals surface area contributed by atoms with E-state index >= 15 is 0 Å². The fourth-order valence-electron chi connectivity index (χ4n) is 1.79. The molecule has 0 saturated heterocycles. The Morgan fingerprint density at radius 1 is 1.10 bits per heavy atom. The number of ketones is 1. The Morgan fingerprint density at radius 3 is 2.50 bits per heavy atom. The van der Waals surface area contributed by atoms with Gasteiger partial charge >= 0.3 is 127 Å². The molecule has 0 aliphatic rings. The summed E-state index contributed by atoms with van der Waals surface area (Å²) in [6.45, 7) is 0.467. The summed E-state index contributed by atoms with van der Waals surface area (Å²) in [6.07, 6.45) is 0. The molecule has 0 unspecified atom stereocenters. The van der Waals surface area contributed by atoms with Crippen LogP contribution in [0.5, 0.6) is 11.5 Å². The Kier molecular flexibility index (Phi) is 5.25. The first-order chi connectivity index (χ1) is 9.74. The molecule has 2 radical (unpaired) electrons. The molecule has 102 valence electrons. The van der Waals surface area contributed by atoms with Crippen molar-refractivity contribution in [2.75, 3.05) is 7.11 Å². The van der Waals surface area contributed by atoms with E-state index in [9.17, 15) is 4.79 Å². The molecule has 0 spiro atoms. The molecule has 0 bridgehead atoms. The Hall–Kier alpha value is -1.73. The van der Waals surface area contributed by atoms with E-state index in [0.717, 1.165) is 5.56 Å². The molecule has 20 heavy (non-hydrogen) atoms. The number of hydrogen-bond donors (Lipinski definition) is 0. The van der Waals surface area contributed by atoms with Gasteiger partial charge in [-0.1, -0.05) is 0 Å². The first-order valence-electron chi connectivity index (χ1n) is 6.23. The van der Waals surface area contributed by atoms with Crippen LogP contribution in [0.15, 0.2) is 48.5 Å². The summed E-state index contributed by atoms with van der Waals surface area (Å²) in [5.41, 5.74) is 1.72. The summed E-state index contributed by atoms with van der Waals surface area (Å²) in [5, 5.41) is 0.417. The Balaban J connectivity index is 2.13. The monoisotopic (exact) mass is 330 g/mol. The van der Waals surface area contributed by atoms with Gasteiger partial charge < -0.3 is 0 Å². The Bertz CT molecular complexity index is 582. The Morgan fingerprint density at radius 2 is 1.85 bits per heavy atom. The fraction of sp³-hybridized carbons (Fsp3) is 0.188. The van der Waals surface area contributed by atoms with Crippen LogP contribution >= 0.6 is 0 Å². The predicted molar refractivity (Wildman–Crippen MR) is 78.7 cm³/mol. The number of methoxy groups -OCH3 is 1. The number of benzene rings is 2. The summed E-state index contributed by atoms with van der Waals surface area (Å²) in [6, 6.07) is 15.2. The molecule has 4 heteroatoms. The van der Waals surface area contributed by atoms with E-state index in [1.807, 2.05) is 30.3 Å². The molecule has 0 fully saturated rings. The van der Waals surface area contributed by atoms with Gasteiger partial charge in [0.05, 0.1) is 0 Å². The van der Waals surface area contributed by atoms with Gasteiger partial charge in [-0.2, -0.15) is 0 Å². The zero-order valence-corrected chi connectivity index (χ0v) is 13.1. The topological polar surface area (TPSA) is 35.5 Å². The molecule has 0 atom stereocenters. The number of hydrogen-bond acceptors (Lipinski definition) is 3. The fourth-order valence-corrected chi connectivity index (χ4v) is 2.17. The number of carbonyl (C=O) groups excluding carboxylic acids is 1. The minimum absolute atomic E-state index is 0.0675. The van der Waals surface area contributed by atoms with Crippen molar-refractivity contribution in [1.82, 2.24) is 0 Å². The second kappa shape index (κ2) is 7.16. The zero-order valence-electron chi connectivity index (χ0n) is 11.2. The molecular weight excluding hydrogens is 315 g/mol. The van der Waals surface area contributed by atoms with Gasteiger partial charge in [0, 0.05) is 0 Å². The quantitative estimate of drug-likeness (QED) is 0.603. The molecular formula is C16H15AsO3. The maximum absolute atomic E-state index is 11.7. The molecule has 0 aromatic heterocycles. The van der Waals surface area contributed by atoms with Crippen LogP contribution in [0.25, 0.3) is 0 Å². The SMILES string of the molecule is COc1cc(C(=O)C[As])ccc1OCc1ccccc1. The minimum atomic E-state index is 0.0675. The predicted octanol–water partition coefficient (Wildman–Crippen LogP) is 3.04. The second-order valence-corrected chi connectivity index (χ2v) is 4.88. The third-order valence-electron chi connectivity index (χ3n) is 2.87. The van der Waals surface area contributed by atoms with E-state index in [1.165, 1.54) is 0 Å². The van der Waals surface area contributed by atoms with Gasteiger partial charge in [0.1, 0.15) is 0 Å². The van der Waals surface area contributed by atoms with Crippen molar-refractivity contribution in [2.45, 2.75) is 11.8 Å². The van der Waals surface area contributed by atoms with Gasteiger partial charge in [-0.3, -0.25) is 0 Å². The molecule has 0 N–H and O–H groups in total. The summed E-state index contributed by atoms with van der Waals surface area (Å²) in [7, 11) is 1.57. The van der Waals surface area contributed by atoms with Crippen molar-refractivity contribution in [1.29, 1.82) is 0 Å². The van der Waals surface area contributed by atoms with Crippen LogP contribution in [0, 0.1) is 0 Å². The van der Waals surface area contributed by atoms with Crippen molar-refractivity contribution < 1.29 is 14.3 Å². The maximum atomic E-state index is 11.7. The summed E-state index contributed by atoms with van der Waals surface area (Å²) in [5.74, 6) is 1.28. The van der Waals surface area contributed by atoms with Crippen LogP contribution in [0.3, 0.4) is 0 Å². The van der Waals surface area contributed by atoms with Crippen LogP contribution in [0.2, 0.25) is 5.21 Å². The van der Waals surface area contributed by atoms with Crippen molar-refractivity contribution in [3.63, 3.8) is 0 Å². The van der Waals surface area contributed by atoms with Crippen molar-refractivity contribution in [3.05, 3.63) is 59.7 Å². The molecule has 2 aromatic carbocycles. The molecule has 3 nitrogen and oxygen atoms in total. The van der Waals surface area contributed by atoms with Crippen LogP contribution in [-0.4, -0.2) is 29.7 Å². The van der Waals surface area contributed by atoms with Crippen LogP contribution < -0.4 is 9.47 Å². The van der Waals surface area contributed by atoms with E-state index in [2.05, 4.69) is 16.9 Å². The van der Waals surface area contributed by atoms with Crippen molar-refractivity contribution in [2.24, 2.45) is 0 Å². The van der Waals surface area contributed by atoms with Crippen LogP contribution in [0.1, 0.15) is 15.9 Å². The van der Waals surface area contributed by atoms with Crippen LogP contribution in [-0.2, 0) is 6.61 Å². The molecule has 0 heterocycles. The van der Waals surface area contributed by atoms with E-state index < -0.39 is 0 Å². The van der Waals surface area contributed by atoms with Gasteiger partial charge in [0.15, 0.2) is 0 Å². The van der Waals surface area contributed by atoms with E-state index in [4.69, 9.17) is 9.47 Å². The van der Waals surface area contributed by atoms with Gasteiger partial charge in [-0.15, -0.1) is 0 Å². The first kappa shape index (κ1) is 14.7. The Labute approximate surface area is 127 Å². The van der Waals surface area contributed by atoms with Gasteiger partial charge in [-0.05, 0) is 0 Å². The number of Topliss-reactive ketones (excluding diaryl/α,β-unsaturated/α-hetero) is 1. The average Bonchev–Trinajstić information content (AvgIpc) is 2.53. The molecule has 0 aliphatic carbocycles. The molecule has 0 saturated carbocycles. The van der Waals surface area contributed by atoms with Gasteiger partial charge in [0.2, 0.25) is 0 Å². The molecule has 0 amide bonds. The van der Waals surface area contributed by atoms with E-state index in [0.29, 0.717) is 28.9 Å². The van der Waals surface area contributed by atoms with E-state index in [-0.39, 0.29) is 5.78 Å². The molecule has 2 rings (SSSR count). The van der Waals surface area contributed by atoms with Gasteiger partial charge in [-0.25, -0.2) is 0 Å². The summed E-state index contributed by atoms with van der Waals surface area (Å²) >= 11 is 2.28. The number of rotatable bonds is 6. The summed E-state index contributed by atoms with van der Waals surface area (Å²) < 4.78 is 11.0. The summed E-state index contributed by atoms with van der Waals surface area (Å²) in [4.78, 5) is 11.7. The molecule has 0 aliphatic heterocycles. The van der Waals surface area contributed by atoms with Gasteiger partial charge in [0.25, 0.3) is 0 Å². The zero-order chi connectivity index (χ0) is 14.4. The third-order valence-corrected chi connectivity index (χ3v) is 3.47. The first-order valence-corrected chi connectivity index (χ1v) is 7.56. The third kappa shape index (κ3) is 3.64. The number of ether oxygens (including phenoxy) is 2.